The summed E-state index contributed by atoms with van der Waals surface area (Å²) in [6.07, 6.45) is 19.2. The maximum absolute atomic E-state index is 12.8. The van der Waals surface area contributed by atoms with E-state index in [1.165, 1.54) is 36.0 Å². The number of hydrogen-bond donors (Lipinski definition) is 2. The van der Waals surface area contributed by atoms with Crippen molar-refractivity contribution in [2.24, 2.45) is 5.92 Å². The van der Waals surface area contributed by atoms with E-state index in [4.69, 9.17) is 0 Å². The summed E-state index contributed by atoms with van der Waals surface area (Å²) < 4.78 is 0. The van der Waals surface area contributed by atoms with Crippen LogP contribution in [-0.4, -0.2) is 25.8 Å². The van der Waals surface area contributed by atoms with E-state index in [0.717, 1.165) is 63.9 Å². The topological polar surface area (TPSA) is 83.6 Å². The highest BCUT2D eigenvalue weighted by Crippen LogP contribution is 2.41. The largest absolute Gasteiger partial charge is 0.339 e. The van der Waals surface area contributed by atoms with Crippen LogP contribution in [0.25, 0.3) is 38.9 Å². The molecule has 42 heavy (non-hydrogen) atoms. The SMILES string of the molecule is CC1CC=C(c2cc3c(-c4cccnc4)ccnc3[nH]2)c2cc(-c3cncc(NC(=O)CC4CCCCC4)c3)ccc21. The lowest BCUT2D eigenvalue weighted by molar-refractivity contribution is -0.117. The number of H-pyrrole nitrogens is 1. The molecule has 0 bridgehead atoms. The third-order valence-electron chi connectivity index (χ3n) is 8.90. The van der Waals surface area contributed by atoms with Crippen LogP contribution >= 0.6 is 0 Å². The van der Waals surface area contributed by atoms with Crippen LogP contribution in [0, 0.1) is 5.92 Å². The van der Waals surface area contributed by atoms with E-state index in [-0.39, 0.29) is 5.91 Å². The van der Waals surface area contributed by atoms with Gasteiger partial charge in [-0.1, -0.05) is 50.5 Å². The van der Waals surface area contributed by atoms with Gasteiger partial charge in [-0.25, -0.2) is 4.98 Å². The molecule has 0 aliphatic heterocycles. The third kappa shape index (κ3) is 5.25. The molecule has 6 nitrogen and oxygen atoms in total. The van der Waals surface area contributed by atoms with Gasteiger partial charge < -0.3 is 10.3 Å². The molecule has 6 heteroatoms. The second-order valence-corrected chi connectivity index (χ2v) is 11.8. The minimum absolute atomic E-state index is 0.0865. The van der Waals surface area contributed by atoms with Crippen molar-refractivity contribution in [3.63, 3.8) is 0 Å². The Morgan fingerprint density at radius 2 is 1.79 bits per heavy atom. The number of amides is 1. The molecule has 0 saturated heterocycles. The van der Waals surface area contributed by atoms with Gasteiger partial charge in [0.05, 0.1) is 11.9 Å². The van der Waals surface area contributed by atoms with Crippen molar-refractivity contribution in [2.75, 3.05) is 5.32 Å². The van der Waals surface area contributed by atoms with Gasteiger partial charge >= 0.3 is 0 Å². The zero-order valence-electron chi connectivity index (χ0n) is 23.9. The first-order chi connectivity index (χ1) is 20.6. The molecule has 2 aliphatic carbocycles. The number of nitrogens with one attached hydrogen (secondary N) is 2. The highest BCUT2D eigenvalue weighted by molar-refractivity contribution is 5.97. The Balaban J connectivity index is 1.20. The quantitative estimate of drug-likeness (QED) is 0.221. The summed E-state index contributed by atoms with van der Waals surface area (Å²) in [5.74, 6) is 1.02. The van der Waals surface area contributed by atoms with Crippen LogP contribution in [-0.2, 0) is 4.79 Å². The third-order valence-corrected chi connectivity index (χ3v) is 8.90. The minimum Gasteiger partial charge on any atom is -0.339 e. The summed E-state index contributed by atoms with van der Waals surface area (Å²) in [5, 5.41) is 4.19. The Bertz CT molecular complexity index is 1780. The summed E-state index contributed by atoms with van der Waals surface area (Å²) >= 11 is 0. The Labute approximate surface area is 246 Å². The van der Waals surface area contributed by atoms with Crippen LogP contribution in [0.4, 0.5) is 5.69 Å². The number of carbonyl (C=O) groups excluding carboxylic acids is 1. The molecule has 0 spiro atoms. The zero-order valence-corrected chi connectivity index (χ0v) is 23.9. The van der Waals surface area contributed by atoms with Gasteiger partial charge in [0.1, 0.15) is 5.65 Å². The standard InChI is InChI=1S/C36H35N5O/c1-23-9-11-31(34-19-33-30(13-15-39-36(33)41-34)26-8-5-14-37-20-26)32-18-25(10-12-29(23)32)27-17-28(22-38-21-27)40-35(42)16-24-6-3-2-4-7-24/h5,8,10-15,17-24H,2-4,6-7,9,16H2,1H3,(H,39,41)(H,40,42). The molecule has 1 unspecified atom stereocenters. The second-order valence-electron chi connectivity index (χ2n) is 11.8. The van der Waals surface area contributed by atoms with Gasteiger partial charge in [0, 0.05) is 59.0 Å². The molecule has 210 valence electrons. The van der Waals surface area contributed by atoms with E-state index in [1.54, 1.807) is 12.4 Å². The van der Waals surface area contributed by atoms with Crippen LogP contribution in [0.5, 0.6) is 0 Å². The van der Waals surface area contributed by atoms with Crippen molar-refractivity contribution in [2.45, 2.75) is 57.8 Å². The fourth-order valence-electron chi connectivity index (χ4n) is 6.66. The van der Waals surface area contributed by atoms with Crippen molar-refractivity contribution in [1.82, 2.24) is 19.9 Å². The lowest BCUT2D eigenvalue weighted by Crippen LogP contribution is -2.18. The number of nitrogens with zero attached hydrogens (tertiary/aromatic N) is 3. The van der Waals surface area contributed by atoms with Gasteiger partial charge in [0.25, 0.3) is 0 Å². The molecule has 0 radical (unpaired) electrons. The summed E-state index contributed by atoms with van der Waals surface area (Å²) in [7, 11) is 0. The first-order valence-electron chi connectivity index (χ1n) is 15.1. The van der Waals surface area contributed by atoms with E-state index in [0.29, 0.717) is 18.3 Å². The van der Waals surface area contributed by atoms with Gasteiger partial charge in [-0.05, 0) is 83.7 Å². The number of hydrogen-bond acceptors (Lipinski definition) is 4. The lowest BCUT2D eigenvalue weighted by atomic mass is 9.81. The van der Waals surface area contributed by atoms with E-state index in [1.807, 2.05) is 36.8 Å². The van der Waals surface area contributed by atoms with E-state index >= 15 is 0 Å². The number of allylic oxidation sites excluding steroid dienone is 1. The van der Waals surface area contributed by atoms with Crippen LogP contribution in [0.1, 0.15) is 74.6 Å². The molecule has 1 amide bonds. The number of aromatic nitrogens is 4. The van der Waals surface area contributed by atoms with Gasteiger partial charge in [0.15, 0.2) is 0 Å². The normalized spacial score (nSPS) is 17.1. The van der Waals surface area contributed by atoms with Gasteiger partial charge in [-0.3, -0.25) is 14.8 Å². The summed E-state index contributed by atoms with van der Waals surface area (Å²) in [6, 6.07) is 17.0. The van der Waals surface area contributed by atoms with E-state index in [9.17, 15) is 4.79 Å². The van der Waals surface area contributed by atoms with Gasteiger partial charge in [-0.2, -0.15) is 0 Å². The fraction of sp³-hybridized carbons (Fsp3) is 0.278. The maximum atomic E-state index is 12.8. The number of carbonyl (C=O) groups is 1. The average Bonchev–Trinajstić information content (AvgIpc) is 3.46. The highest BCUT2D eigenvalue weighted by atomic mass is 16.1. The van der Waals surface area contributed by atoms with Crippen LogP contribution < -0.4 is 5.32 Å². The van der Waals surface area contributed by atoms with E-state index in [2.05, 4.69) is 68.6 Å². The second kappa shape index (κ2) is 11.4. The summed E-state index contributed by atoms with van der Waals surface area (Å²) in [5.41, 5.74) is 10.7. The van der Waals surface area contributed by atoms with Crippen molar-refractivity contribution in [3.8, 4) is 22.3 Å². The summed E-state index contributed by atoms with van der Waals surface area (Å²) in [4.78, 5) is 29.8. The number of rotatable bonds is 6. The average molecular weight is 554 g/mol. The number of aromatic amines is 1. The number of pyridine rings is 3. The Morgan fingerprint density at radius 3 is 2.64 bits per heavy atom. The molecule has 1 atom stereocenters. The predicted molar refractivity (Wildman–Crippen MR) is 169 cm³/mol. The van der Waals surface area contributed by atoms with E-state index < -0.39 is 0 Å². The molecule has 2 aliphatic rings. The Kier molecular flexibility index (Phi) is 7.12. The fourth-order valence-corrected chi connectivity index (χ4v) is 6.66. The molecule has 4 aromatic heterocycles. The maximum Gasteiger partial charge on any atom is 0.224 e. The summed E-state index contributed by atoms with van der Waals surface area (Å²) in [6.45, 7) is 2.28. The highest BCUT2D eigenvalue weighted by Gasteiger charge is 2.23. The molecule has 2 N–H and O–H groups in total. The Morgan fingerprint density at radius 1 is 0.905 bits per heavy atom. The van der Waals surface area contributed by atoms with Crippen molar-refractivity contribution < 1.29 is 4.79 Å². The van der Waals surface area contributed by atoms with Crippen molar-refractivity contribution >= 4 is 28.2 Å². The molecular weight excluding hydrogens is 518 g/mol. The van der Waals surface area contributed by atoms with Crippen LogP contribution in [0.3, 0.4) is 0 Å². The molecule has 4 heterocycles. The molecular formula is C36H35N5O. The van der Waals surface area contributed by atoms with Crippen LogP contribution in [0.15, 0.2) is 85.6 Å². The monoisotopic (exact) mass is 553 g/mol. The van der Waals surface area contributed by atoms with Crippen LogP contribution in [0.2, 0.25) is 0 Å². The lowest BCUT2D eigenvalue weighted by Gasteiger charge is -2.23. The molecule has 1 aromatic carbocycles. The molecule has 7 rings (SSSR count). The van der Waals surface area contributed by atoms with Gasteiger partial charge in [-0.15, -0.1) is 0 Å². The molecule has 5 aromatic rings. The van der Waals surface area contributed by atoms with Crippen molar-refractivity contribution in [1.29, 1.82) is 0 Å². The number of fused-ring (bicyclic) bond motifs is 2. The predicted octanol–water partition coefficient (Wildman–Crippen LogP) is 8.53. The smallest absolute Gasteiger partial charge is 0.224 e. The molecule has 1 fully saturated rings. The van der Waals surface area contributed by atoms with Gasteiger partial charge in [0.2, 0.25) is 5.91 Å². The Hall–Kier alpha value is -4.58. The first-order valence-corrected chi connectivity index (χ1v) is 15.1. The molecule has 1 saturated carbocycles. The zero-order chi connectivity index (χ0) is 28.5. The number of benzene rings is 1. The van der Waals surface area contributed by atoms with Crippen molar-refractivity contribution in [3.05, 3.63) is 102 Å². The first kappa shape index (κ1) is 26.3. The minimum atomic E-state index is 0.0865. The number of anilines is 1.